The van der Waals surface area contributed by atoms with E-state index in [0.29, 0.717) is 6.42 Å². The number of allylic oxidation sites excluding steroid dienone is 2. The van der Waals surface area contributed by atoms with Crippen LogP contribution < -0.4 is 0 Å². The lowest BCUT2D eigenvalue weighted by molar-refractivity contribution is -0.160. The van der Waals surface area contributed by atoms with Crippen molar-refractivity contribution in [2.24, 2.45) is 46.3 Å². The summed E-state index contributed by atoms with van der Waals surface area (Å²) in [6.45, 7) is 16.8. The maximum atomic E-state index is 12.3. The quantitative estimate of drug-likeness (QED) is 0.681. The average Bonchev–Trinajstić information content (AvgIpc) is 2.95. The highest BCUT2D eigenvalue weighted by molar-refractivity contribution is 5.85. The van der Waals surface area contributed by atoms with Gasteiger partial charge in [-0.3, -0.25) is 9.59 Å². The molecule has 0 aromatic rings. The summed E-state index contributed by atoms with van der Waals surface area (Å²) in [6.07, 6.45) is 0.657. The molecule has 0 aromatic heterocycles. The molecule has 2 aliphatic rings. The van der Waals surface area contributed by atoms with Crippen molar-refractivity contribution in [1.82, 2.24) is 0 Å². The van der Waals surface area contributed by atoms with Crippen LogP contribution in [0.2, 0.25) is 0 Å². The summed E-state index contributed by atoms with van der Waals surface area (Å²) in [7, 11) is 0. The van der Waals surface area contributed by atoms with Crippen LogP contribution in [0.1, 0.15) is 61.8 Å². The third-order valence-corrected chi connectivity index (χ3v) is 7.07. The van der Waals surface area contributed by atoms with Gasteiger partial charge in [0.05, 0.1) is 11.8 Å². The van der Waals surface area contributed by atoms with Gasteiger partial charge in [-0.2, -0.15) is 0 Å². The average molecular weight is 350 g/mol. The predicted octanol–water partition coefficient (Wildman–Crippen LogP) is 4.70. The van der Waals surface area contributed by atoms with Crippen LogP contribution in [0.5, 0.6) is 0 Å². The van der Waals surface area contributed by atoms with Gasteiger partial charge in [-0.05, 0) is 30.1 Å². The third kappa shape index (κ3) is 2.32. The Morgan fingerprint density at radius 3 is 1.20 bits per heavy atom. The molecule has 25 heavy (non-hydrogen) atoms. The Morgan fingerprint density at radius 2 is 1.04 bits per heavy atom. The fourth-order valence-electron chi connectivity index (χ4n) is 6.50. The van der Waals surface area contributed by atoms with Crippen LogP contribution in [0.15, 0.2) is 11.1 Å². The predicted molar refractivity (Wildman–Crippen MR) is 98.1 cm³/mol. The summed E-state index contributed by atoms with van der Waals surface area (Å²) in [5.74, 6) is -3.00. The number of fused-ring (bicyclic) bond motifs is 2. The summed E-state index contributed by atoms with van der Waals surface area (Å²) < 4.78 is 0. The van der Waals surface area contributed by atoms with Gasteiger partial charge in [0.25, 0.3) is 0 Å². The van der Waals surface area contributed by atoms with Gasteiger partial charge >= 0.3 is 11.9 Å². The van der Waals surface area contributed by atoms with E-state index in [4.69, 9.17) is 0 Å². The molecule has 2 N–H and O–H groups in total. The van der Waals surface area contributed by atoms with Gasteiger partial charge in [-0.15, -0.1) is 0 Å². The van der Waals surface area contributed by atoms with Crippen molar-refractivity contribution >= 4 is 11.9 Å². The van der Waals surface area contributed by atoms with E-state index in [0.717, 1.165) is 0 Å². The van der Waals surface area contributed by atoms with Gasteiger partial charge in [0.2, 0.25) is 0 Å². The highest BCUT2D eigenvalue weighted by Gasteiger charge is 2.74. The molecule has 142 valence electrons. The van der Waals surface area contributed by atoms with E-state index in [2.05, 4.69) is 55.4 Å². The van der Waals surface area contributed by atoms with Crippen LogP contribution >= 0.6 is 0 Å². The second-order valence-corrected chi connectivity index (χ2v) is 9.34. The van der Waals surface area contributed by atoms with Crippen molar-refractivity contribution < 1.29 is 19.8 Å². The standard InChI is InChI=1S/C21H34O4/c1-10(2)14-15(11(3)4)21(13(7)8)9-20(14,12(5)6)16(18(22)23)17(21)19(24)25/h10-13,16-17H,9H2,1-8H3,(H,22,23)(H,24,25). The first-order chi connectivity index (χ1) is 11.4. The zero-order chi connectivity index (χ0) is 19.5. The van der Waals surface area contributed by atoms with Crippen LogP contribution in [-0.4, -0.2) is 22.2 Å². The molecule has 4 unspecified atom stereocenters. The summed E-state index contributed by atoms with van der Waals surface area (Å²) in [4.78, 5) is 24.7. The van der Waals surface area contributed by atoms with Crippen molar-refractivity contribution in [3.8, 4) is 0 Å². The number of carbonyl (C=O) groups is 2. The van der Waals surface area contributed by atoms with Crippen molar-refractivity contribution in [2.45, 2.75) is 61.8 Å². The molecule has 0 amide bonds. The molecule has 1 saturated carbocycles. The molecule has 0 radical (unpaired) electrons. The minimum atomic E-state index is -0.954. The molecule has 1 fully saturated rings. The molecule has 0 spiro atoms. The zero-order valence-electron chi connectivity index (χ0n) is 16.9. The van der Waals surface area contributed by atoms with Crippen LogP contribution in [0.4, 0.5) is 0 Å². The molecule has 4 heteroatoms. The third-order valence-electron chi connectivity index (χ3n) is 7.07. The lowest BCUT2D eigenvalue weighted by Crippen LogP contribution is -2.49. The number of carboxylic acids is 2. The summed E-state index contributed by atoms with van der Waals surface area (Å²) in [5.41, 5.74) is 1.34. The van der Waals surface area contributed by atoms with Gasteiger partial charge in [-0.25, -0.2) is 0 Å². The first kappa shape index (κ1) is 20.0. The minimum Gasteiger partial charge on any atom is -0.481 e. The Bertz CT molecular complexity index is 561. The maximum Gasteiger partial charge on any atom is 0.308 e. The van der Waals surface area contributed by atoms with Gasteiger partial charge in [0, 0.05) is 10.8 Å². The van der Waals surface area contributed by atoms with Crippen molar-refractivity contribution in [2.75, 3.05) is 0 Å². The lowest BCUT2D eigenvalue weighted by atomic mass is 9.55. The van der Waals surface area contributed by atoms with Gasteiger partial charge < -0.3 is 10.2 Å². The first-order valence-corrected chi connectivity index (χ1v) is 9.57. The number of rotatable bonds is 6. The highest BCUT2D eigenvalue weighted by atomic mass is 16.4. The van der Waals surface area contributed by atoms with Crippen LogP contribution in [0.3, 0.4) is 0 Å². The molecule has 0 aromatic carbocycles. The molecule has 0 saturated heterocycles. The first-order valence-electron chi connectivity index (χ1n) is 9.57. The van der Waals surface area contributed by atoms with Gasteiger partial charge in [0.15, 0.2) is 0 Å². The summed E-state index contributed by atoms with van der Waals surface area (Å²) >= 11 is 0. The topological polar surface area (TPSA) is 74.6 Å². The van der Waals surface area contributed by atoms with E-state index in [1.54, 1.807) is 0 Å². The Balaban J connectivity index is 2.99. The molecule has 0 aliphatic heterocycles. The number of hydrogen-bond acceptors (Lipinski definition) is 2. The zero-order valence-corrected chi connectivity index (χ0v) is 16.9. The van der Waals surface area contributed by atoms with Crippen molar-refractivity contribution in [3.05, 3.63) is 11.1 Å². The fourth-order valence-corrected chi connectivity index (χ4v) is 6.50. The van der Waals surface area contributed by atoms with Gasteiger partial charge in [-0.1, -0.05) is 66.5 Å². The van der Waals surface area contributed by atoms with E-state index in [-0.39, 0.29) is 23.7 Å². The van der Waals surface area contributed by atoms with E-state index < -0.39 is 34.6 Å². The normalized spacial score (nSPS) is 34.9. The second-order valence-electron chi connectivity index (χ2n) is 9.34. The van der Waals surface area contributed by atoms with Crippen LogP contribution in [0, 0.1) is 46.3 Å². The Labute approximate surface area is 151 Å². The summed E-state index contributed by atoms with van der Waals surface area (Å²) in [5, 5.41) is 20.2. The monoisotopic (exact) mass is 350 g/mol. The Kier molecular flexibility index (Phi) is 4.91. The van der Waals surface area contributed by atoms with Crippen LogP contribution in [-0.2, 0) is 9.59 Å². The lowest BCUT2D eigenvalue weighted by Gasteiger charge is -2.47. The van der Waals surface area contributed by atoms with Crippen molar-refractivity contribution in [3.63, 3.8) is 0 Å². The van der Waals surface area contributed by atoms with Gasteiger partial charge in [0.1, 0.15) is 0 Å². The Hall–Kier alpha value is -1.32. The molecule has 0 heterocycles. The Morgan fingerprint density at radius 1 is 0.760 bits per heavy atom. The molecule has 2 aliphatic carbocycles. The van der Waals surface area contributed by atoms with E-state index in [1.807, 2.05) is 0 Å². The smallest absolute Gasteiger partial charge is 0.308 e. The summed E-state index contributed by atoms with van der Waals surface area (Å²) in [6, 6.07) is 0. The molecule has 4 nitrogen and oxygen atoms in total. The molecule has 2 bridgehead atoms. The van der Waals surface area contributed by atoms with E-state index >= 15 is 0 Å². The highest BCUT2D eigenvalue weighted by Crippen LogP contribution is 2.76. The molecular formula is C21H34O4. The SMILES string of the molecule is CC(C)C1=C(C(C)C)C2(C(C)C)CC1(C(C)C)C(C(=O)O)C2C(=O)O. The number of hydrogen-bond donors (Lipinski definition) is 2. The molecule has 4 atom stereocenters. The minimum absolute atomic E-state index is 0.0877. The fraction of sp³-hybridized carbons (Fsp3) is 0.810. The van der Waals surface area contributed by atoms with E-state index in [1.165, 1.54) is 11.1 Å². The van der Waals surface area contributed by atoms with E-state index in [9.17, 15) is 19.8 Å². The second kappa shape index (κ2) is 6.14. The van der Waals surface area contributed by atoms with Crippen LogP contribution in [0.25, 0.3) is 0 Å². The number of carboxylic acid groups (broad SMARTS) is 2. The van der Waals surface area contributed by atoms with Crippen molar-refractivity contribution in [1.29, 1.82) is 0 Å². The maximum absolute atomic E-state index is 12.3. The molecular weight excluding hydrogens is 316 g/mol. The number of aliphatic carboxylic acids is 2. The molecule has 2 rings (SSSR count). The largest absolute Gasteiger partial charge is 0.481 e.